The highest BCUT2D eigenvalue weighted by Gasteiger charge is 2.32. The molecule has 2 rings (SSSR count). The van der Waals surface area contributed by atoms with E-state index in [4.69, 9.17) is 9.84 Å². The van der Waals surface area contributed by atoms with Crippen molar-refractivity contribution in [2.24, 2.45) is 0 Å². The first-order chi connectivity index (χ1) is 7.31. The topological polar surface area (TPSA) is 52.9 Å². The Balaban J connectivity index is 1.90. The SMILES string of the molecule is OCC1CN([C@@H]2CCCC[C@H]2O)CCO1. The molecule has 1 aliphatic heterocycles. The van der Waals surface area contributed by atoms with Gasteiger partial charge in [-0.3, -0.25) is 4.90 Å². The Kier molecular flexibility index (Phi) is 3.97. The molecule has 4 heteroatoms. The summed E-state index contributed by atoms with van der Waals surface area (Å²) < 4.78 is 5.41. The van der Waals surface area contributed by atoms with Crippen LogP contribution in [0.2, 0.25) is 0 Å². The fourth-order valence-corrected chi connectivity index (χ4v) is 2.67. The molecule has 1 aliphatic carbocycles. The summed E-state index contributed by atoms with van der Waals surface area (Å²) in [7, 11) is 0. The highest BCUT2D eigenvalue weighted by atomic mass is 16.5. The largest absolute Gasteiger partial charge is 0.394 e. The monoisotopic (exact) mass is 215 g/mol. The molecular formula is C11H21NO3. The molecular weight excluding hydrogens is 194 g/mol. The maximum absolute atomic E-state index is 9.94. The van der Waals surface area contributed by atoms with Gasteiger partial charge in [0.1, 0.15) is 0 Å². The average molecular weight is 215 g/mol. The predicted octanol–water partition coefficient (Wildman–Crippen LogP) is -0.0170. The van der Waals surface area contributed by atoms with E-state index in [1.54, 1.807) is 0 Å². The minimum Gasteiger partial charge on any atom is -0.394 e. The Morgan fingerprint density at radius 1 is 1.27 bits per heavy atom. The lowest BCUT2D eigenvalue weighted by Gasteiger charge is -2.41. The maximum atomic E-state index is 9.94. The van der Waals surface area contributed by atoms with Gasteiger partial charge in [0.25, 0.3) is 0 Å². The standard InChI is InChI=1S/C11H21NO3/c13-8-9-7-12(5-6-15-9)10-3-1-2-4-11(10)14/h9-11,13-14H,1-8H2/t9?,10-,11-/m1/s1. The van der Waals surface area contributed by atoms with Crippen molar-refractivity contribution in [3.63, 3.8) is 0 Å². The van der Waals surface area contributed by atoms with Gasteiger partial charge in [0, 0.05) is 19.1 Å². The average Bonchev–Trinajstić information content (AvgIpc) is 2.30. The summed E-state index contributed by atoms with van der Waals surface area (Å²) in [4.78, 5) is 2.29. The third kappa shape index (κ3) is 2.69. The molecule has 0 radical (unpaired) electrons. The number of hydrogen-bond acceptors (Lipinski definition) is 4. The Morgan fingerprint density at radius 3 is 2.80 bits per heavy atom. The molecule has 1 saturated carbocycles. The minimum absolute atomic E-state index is 0.0622. The second-order valence-electron chi connectivity index (χ2n) is 4.59. The van der Waals surface area contributed by atoms with Gasteiger partial charge >= 0.3 is 0 Å². The summed E-state index contributed by atoms with van der Waals surface area (Å²) in [5.41, 5.74) is 0. The maximum Gasteiger partial charge on any atom is 0.0933 e. The lowest BCUT2D eigenvalue weighted by molar-refractivity contribution is -0.0877. The van der Waals surface area contributed by atoms with E-state index in [-0.39, 0.29) is 24.9 Å². The Labute approximate surface area is 90.8 Å². The van der Waals surface area contributed by atoms with Gasteiger partial charge < -0.3 is 14.9 Å². The van der Waals surface area contributed by atoms with Crippen LogP contribution in [0.4, 0.5) is 0 Å². The van der Waals surface area contributed by atoms with E-state index >= 15 is 0 Å². The smallest absolute Gasteiger partial charge is 0.0933 e. The van der Waals surface area contributed by atoms with Crippen LogP contribution in [-0.2, 0) is 4.74 Å². The zero-order chi connectivity index (χ0) is 10.7. The Hall–Kier alpha value is -0.160. The number of rotatable bonds is 2. The van der Waals surface area contributed by atoms with Gasteiger partial charge in [-0.25, -0.2) is 0 Å². The molecule has 0 aromatic rings. The van der Waals surface area contributed by atoms with Gasteiger partial charge in [0.15, 0.2) is 0 Å². The Morgan fingerprint density at radius 2 is 2.07 bits per heavy atom. The van der Waals surface area contributed by atoms with Gasteiger partial charge in [0.2, 0.25) is 0 Å². The molecule has 0 aromatic heterocycles. The molecule has 0 aromatic carbocycles. The lowest BCUT2D eigenvalue weighted by Crippen LogP contribution is -2.53. The van der Waals surface area contributed by atoms with Crippen LogP contribution in [0.25, 0.3) is 0 Å². The summed E-state index contributed by atoms with van der Waals surface area (Å²) in [6.07, 6.45) is 4.11. The van der Waals surface area contributed by atoms with Crippen LogP contribution in [0.3, 0.4) is 0 Å². The molecule has 2 fully saturated rings. The molecule has 4 nitrogen and oxygen atoms in total. The highest BCUT2D eigenvalue weighted by Crippen LogP contribution is 2.24. The molecule has 15 heavy (non-hydrogen) atoms. The van der Waals surface area contributed by atoms with Crippen LogP contribution in [0.1, 0.15) is 25.7 Å². The van der Waals surface area contributed by atoms with Gasteiger partial charge in [-0.1, -0.05) is 12.8 Å². The van der Waals surface area contributed by atoms with Crippen molar-refractivity contribution in [2.45, 2.75) is 43.9 Å². The molecule has 0 bridgehead atoms. The first-order valence-electron chi connectivity index (χ1n) is 5.96. The third-order valence-electron chi connectivity index (χ3n) is 3.54. The molecule has 1 unspecified atom stereocenters. The quantitative estimate of drug-likeness (QED) is 0.680. The molecule has 2 aliphatic rings. The van der Waals surface area contributed by atoms with Gasteiger partial charge in [0.05, 0.1) is 25.4 Å². The Bertz CT molecular complexity index is 200. The van der Waals surface area contributed by atoms with Crippen LogP contribution in [0.15, 0.2) is 0 Å². The zero-order valence-electron chi connectivity index (χ0n) is 9.14. The fraction of sp³-hybridized carbons (Fsp3) is 1.00. The van der Waals surface area contributed by atoms with Crippen molar-refractivity contribution in [3.8, 4) is 0 Å². The van der Waals surface area contributed by atoms with Gasteiger partial charge in [-0.2, -0.15) is 0 Å². The van der Waals surface area contributed by atoms with Crippen molar-refractivity contribution in [2.75, 3.05) is 26.3 Å². The van der Waals surface area contributed by atoms with Gasteiger partial charge in [-0.15, -0.1) is 0 Å². The number of aliphatic hydroxyl groups is 2. The van der Waals surface area contributed by atoms with Crippen molar-refractivity contribution in [3.05, 3.63) is 0 Å². The highest BCUT2D eigenvalue weighted by molar-refractivity contribution is 4.85. The lowest BCUT2D eigenvalue weighted by atomic mass is 9.91. The molecule has 88 valence electrons. The summed E-state index contributed by atoms with van der Waals surface area (Å²) in [6, 6.07) is 0.289. The summed E-state index contributed by atoms with van der Waals surface area (Å²) >= 11 is 0. The summed E-state index contributed by atoms with van der Waals surface area (Å²) in [6.45, 7) is 2.41. The molecule has 2 N–H and O–H groups in total. The fourth-order valence-electron chi connectivity index (χ4n) is 2.67. The number of ether oxygens (including phenoxy) is 1. The van der Waals surface area contributed by atoms with Crippen LogP contribution in [0.5, 0.6) is 0 Å². The first-order valence-corrected chi connectivity index (χ1v) is 5.96. The van der Waals surface area contributed by atoms with E-state index < -0.39 is 0 Å². The van der Waals surface area contributed by atoms with Crippen LogP contribution in [-0.4, -0.2) is 59.7 Å². The predicted molar refractivity (Wildman–Crippen MR) is 56.7 cm³/mol. The van der Waals surface area contributed by atoms with Crippen LogP contribution in [0, 0.1) is 0 Å². The van der Waals surface area contributed by atoms with Gasteiger partial charge in [-0.05, 0) is 12.8 Å². The molecule has 0 amide bonds. The van der Waals surface area contributed by atoms with Crippen molar-refractivity contribution >= 4 is 0 Å². The van der Waals surface area contributed by atoms with E-state index in [0.717, 1.165) is 32.4 Å². The number of morpholine rings is 1. The van der Waals surface area contributed by atoms with E-state index in [0.29, 0.717) is 6.61 Å². The second-order valence-corrected chi connectivity index (χ2v) is 4.59. The normalized spacial score (nSPS) is 39.2. The van der Waals surface area contributed by atoms with E-state index in [1.807, 2.05) is 0 Å². The second kappa shape index (κ2) is 5.25. The van der Waals surface area contributed by atoms with Crippen LogP contribution >= 0.6 is 0 Å². The first kappa shape index (κ1) is 11.3. The summed E-state index contributed by atoms with van der Waals surface area (Å²) in [5.74, 6) is 0. The summed E-state index contributed by atoms with van der Waals surface area (Å²) in [5, 5.41) is 19.0. The number of aliphatic hydroxyl groups excluding tert-OH is 2. The minimum atomic E-state index is -0.184. The van der Waals surface area contributed by atoms with E-state index in [1.165, 1.54) is 6.42 Å². The van der Waals surface area contributed by atoms with Crippen molar-refractivity contribution < 1.29 is 14.9 Å². The van der Waals surface area contributed by atoms with E-state index in [9.17, 15) is 5.11 Å². The van der Waals surface area contributed by atoms with Crippen molar-refractivity contribution in [1.29, 1.82) is 0 Å². The van der Waals surface area contributed by atoms with Crippen LogP contribution < -0.4 is 0 Å². The van der Waals surface area contributed by atoms with Crippen molar-refractivity contribution in [1.82, 2.24) is 4.90 Å². The molecule has 1 saturated heterocycles. The zero-order valence-corrected chi connectivity index (χ0v) is 9.14. The molecule has 3 atom stereocenters. The third-order valence-corrected chi connectivity index (χ3v) is 3.54. The molecule has 0 spiro atoms. The van der Waals surface area contributed by atoms with E-state index in [2.05, 4.69) is 4.90 Å². The number of hydrogen-bond donors (Lipinski definition) is 2. The molecule has 1 heterocycles. The number of nitrogens with zero attached hydrogens (tertiary/aromatic N) is 1.